The minimum Gasteiger partial charge on any atom is -0.496 e. The molecule has 0 saturated heterocycles. The molecule has 1 aromatic carbocycles. The second-order valence-corrected chi connectivity index (χ2v) is 7.02. The Bertz CT molecular complexity index is 1130. The number of rotatable bonds is 7. The van der Waals surface area contributed by atoms with Crippen LogP contribution in [0, 0.1) is 13.8 Å². The van der Waals surface area contributed by atoms with Gasteiger partial charge >= 0.3 is 0 Å². The van der Waals surface area contributed by atoms with E-state index in [1.807, 2.05) is 47.4 Å². The number of aromatic nitrogens is 5. The second-order valence-electron chi connectivity index (χ2n) is 7.02. The molecule has 0 unspecified atom stereocenters. The van der Waals surface area contributed by atoms with Crippen LogP contribution in [0.1, 0.15) is 23.5 Å². The Morgan fingerprint density at radius 3 is 2.69 bits per heavy atom. The number of hydrogen-bond acceptors (Lipinski definition) is 5. The van der Waals surface area contributed by atoms with Gasteiger partial charge in [0.25, 0.3) is 0 Å². The smallest absolute Gasteiger partial charge is 0.163 e. The van der Waals surface area contributed by atoms with Crippen molar-refractivity contribution in [3.8, 4) is 22.6 Å². The summed E-state index contributed by atoms with van der Waals surface area (Å²) >= 11 is 0. The lowest BCUT2D eigenvalue weighted by atomic mass is 10.0. The van der Waals surface area contributed by atoms with Gasteiger partial charge in [0.15, 0.2) is 5.65 Å². The Hall–Kier alpha value is -3.19. The van der Waals surface area contributed by atoms with Gasteiger partial charge in [-0.15, -0.1) is 0 Å². The van der Waals surface area contributed by atoms with E-state index in [1.165, 1.54) is 0 Å². The van der Waals surface area contributed by atoms with Crippen LogP contribution in [0.2, 0.25) is 0 Å². The van der Waals surface area contributed by atoms with Crippen molar-refractivity contribution in [3.05, 3.63) is 59.8 Å². The van der Waals surface area contributed by atoms with Crippen LogP contribution < -0.4 is 4.74 Å². The van der Waals surface area contributed by atoms with E-state index in [0.29, 0.717) is 0 Å². The maximum absolute atomic E-state index is 5.73. The lowest BCUT2D eigenvalue weighted by Crippen LogP contribution is -2.04. The Morgan fingerprint density at radius 1 is 1.10 bits per heavy atom. The summed E-state index contributed by atoms with van der Waals surface area (Å²) in [7, 11) is 3.41. The maximum Gasteiger partial charge on any atom is 0.163 e. The molecule has 0 fully saturated rings. The van der Waals surface area contributed by atoms with Gasteiger partial charge in [0.2, 0.25) is 0 Å². The first-order valence-corrected chi connectivity index (χ1v) is 9.65. The van der Waals surface area contributed by atoms with Crippen molar-refractivity contribution < 1.29 is 9.47 Å². The molecule has 0 atom stereocenters. The van der Waals surface area contributed by atoms with Gasteiger partial charge in [0.05, 0.1) is 24.1 Å². The summed E-state index contributed by atoms with van der Waals surface area (Å²) in [5, 5.41) is 9.10. The highest BCUT2D eigenvalue weighted by atomic mass is 16.5. The van der Waals surface area contributed by atoms with E-state index in [-0.39, 0.29) is 0 Å². The Kier molecular flexibility index (Phi) is 5.31. The first-order valence-electron chi connectivity index (χ1n) is 9.65. The van der Waals surface area contributed by atoms with Gasteiger partial charge in [-0.05, 0) is 51.0 Å². The zero-order valence-corrected chi connectivity index (χ0v) is 17.2. The molecule has 0 N–H and O–H groups in total. The summed E-state index contributed by atoms with van der Waals surface area (Å²) in [6.45, 7) is 4.75. The van der Waals surface area contributed by atoms with Crippen molar-refractivity contribution in [2.24, 2.45) is 0 Å². The van der Waals surface area contributed by atoms with Gasteiger partial charge in [0, 0.05) is 49.1 Å². The number of methoxy groups -OCH3 is 2. The monoisotopic (exact) mass is 391 g/mol. The Morgan fingerprint density at radius 2 is 1.97 bits per heavy atom. The minimum absolute atomic E-state index is 0.721. The van der Waals surface area contributed by atoms with Gasteiger partial charge in [0.1, 0.15) is 5.75 Å². The maximum atomic E-state index is 5.73. The van der Waals surface area contributed by atoms with E-state index in [4.69, 9.17) is 19.6 Å². The number of aryl methyl sites for hydroxylation is 3. The number of benzene rings is 1. The molecule has 0 aliphatic rings. The molecular formula is C22H25N5O2. The van der Waals surface area contributed by atoms with Gasteiger partial charge in [-0.2, -0.15) is 10.2 Å². The predicted molar refractivity (Wildman–Crippen MR) is 112 cm³/mol. The zero-order chi connectivity index (χ0) is 20.4. The average Bonchev–Trinajstić information content (AvgIpc) is 3.35. The molecule has 150 valence electrons. The van der Waals surface area contributed by atoms with Gasteiger partial charge in [-0.1, -0.05) is 0 Å². The normalized spacial score (nSPS) is 11.3. The average molecular weight is 391 g/mol. The first-order chi connectivity index (χ1) is 14.1. The lowest BCUT2D eigenvalue weighted by Gasteiger charge is -2.11. The fraction of sp³-hybridized carbons (Fsp3) is 0.318. The summed E-state index contributed by atoms with van der Waals surface area (Å²) in [4.78, 5) is 4.81. The number of fused-ring (bicyclic) bond motifs is 1. The van der Waals surface area contributed by atoms with Crippen molar-refractivity contribution in [1.29, 1.82) is 0 Å². The van der Waals surface area contributed by atoms with E-state index in [1.54, 1.807) is 20.4 Å². The zero-order valence-electron chi connectivity index (χ0n) is 17.2. The van der Waals surface area contributed by atoms with Crippen LogP contribution in [-0.4, -0.2) is 45.2 Å². The molecule has 0 aliphatic carbocycles. The fourth-order valence-electron chi connectivity index (χ4n) is 3.66. The summed E-state index contributed by atoms with van der Waals surface area (Å²) in [5.41, 5.74) is 6.77. The molecule has 4 aromatic rings. The third-order valence-corrected chi connectivity index (χ3v) is 4.97. The van der Waals surface area contributed by atoms with Gasteiger partial charge in [-0.3, -0.25) is 0 Å². The Labute approximate surface area is 169 Å². The molecule has 0 radical (unpaired) electrons. The highest BCUT2D eigenvalue weighted by molar-refractivity contribution is 5.84. The molecule has 0 saturated carbocycles. The fourth-order valence-corrected chi connectivity index (χ4v) is 3.66. The summed E-state index contributed by atoms with van der Waals surface area (Å²) < 4.78 is 14.7. The van der Waals surface area contributed by atoms with E-state index in [0.717, 1.165) is 64.7 Å². The van der Waals surface area contributed by atoms with Crippen LogP contribution >= 0.6 is 0 Å². The molecule has 7 nitrogen and oxygen atoms in total. The highest BCUT2D eigenvalue weighted by Crippen LogP contribution is 2.36. The first kappa shape index (κ1) is 19.1. The van der Waals surface area contributed by atoms with Crippen molar-refractivity contribution in [2.75, 3.05) is 20.8 Å². The van der Waals surface area contributed by atoms with Crippen LogP contribution in [0.5, 0.6) is 5.75 Å². The van der Waals surface area contributed by atoms with E-state index in [2.05, 4.69) is 17.2 Å². The predicted octanol–water partition coefficient (Wildman–Crippen LogP) is 3.79. The quantitative estimate of drug-likeness (QED) is 0.449. The van der Waals surface area contributed by atoms with Crippen molar-refractivity contribution in [3.63, 3.8) is 0 Å². The highest BCUT2D eigenvalue weighted by Gasteiger charge is 2.19. The molecule has 0 aliphatic heterocycles. The molecule has 29 heavy (non-hydrogen) atoms. The van der Waals surface area contributed by atoms with Gasteiger partial charge < -0.3 is 9.47 Å². The van der Waals surface area contributed by atoms with Gasteiger partial charge in [-0.25, -0.2) is 14.2 Å². The Balaban J connectivity index is 1.84. The third-order valence-electron chi connectivity index (χ3n) is 4.97. The lowest BCUT2D eigenvalue weighted by molar-refractivity contribution is 0.194. The van der Waals surface area contributed by atoms with Crippen molar-refractivity contribution in [2.45, 2.75) is 26.7 Å². The summed E-state index contributed by atoms with van der Waals surface area (Å²) in [5.74, 6) is 0.764. The molecule has 7 heteroatoms. The molecule has 4 rings (SSSR count). The van der Waals surface area contributed by atoms with Crippen LogP contribution in [0.15, 0.2) is 42.7 Å². The second kappa shape index (κ2) is 8.05. The SMILES string of the molecule is COCCCc1cc(C)nc2c(-c3ccc(-n4cccn4)cc3OC)c(C)nn12. The molecular weight excluding hydrogens is 366 g/mol. The summed E-state index contributed by atoms with van der Waals surface area (Å²) in [6, 6.07) is 10.1. The standard InChI is InChI=1S/C22H25N5O2/c1-15-13-18(7-5-12-28-3)27-22(24-15)21(16(2)25-27)19-9-8-17(14-20(19)29-4)26-11-6-10-23-26/h6,8-11,13-14H,5,7,12H2,1-4H3. The molecule has 3 heterocycles. The topological polar surface area (TPSA) is 66.5 Å². The van der Waals surface area contributed by atoms with Crippen molar-refractivity contribution in [1.82, 2.24) is 24.4 Å². The van der Waals surface area contributed by atoms with E-state index >= 15 is 0 Å². The molecule has 0 bridgehead atoms. The summed E-state index contributed by atoms with van der Waals surface area (Å²) in [6.07, 6.45) is 5.48. The number of hydrogen-bond donors (Lipinski definition) is 0. The largest absolute Gasteiger partial charge is 0.496 e. The van der Waals surface area contributed by atoms with Crippen LogP contribution in [-0.2, 0) is 11.2 Å². The minimum atomic E-state index is 0.721. The van der Waals surface area contributed by atoms with Crippen molar-refractivity contribution >= 4 is 5.65 Å². The van der Waals surface area contributed by atoms with E-state index in [9.17, 15) is 0 Å². The third kappa shape index (κ3) is 3.61. The number of nitrogens with zero attached hydrogens (tertiary/aromatic N) is 5. The molecule has 0 amide bonds. The number of ether oxygens (including phenoxy) is 2. The van der Waals surface area contributed by atoms with Crippen LogP contribution in [0.25, 0.3) is 22.5 Å². The van der Waals surface area contributed by atoms with E-state index < -0.39 is 0 Å². The molecule has 3 aromatic heterocycles. The van der Waals surface area contributed by atoms with Crippen LogP contribution in [0.4, 0.5) is 0 Å². The molecule has 0 spiro atoms. The van der Waals surface area contributed by atoms with Crippen LogP contribution in [0.3, 0.4) is 0 Å².